The lowest BCUT2D eigenvalue weighted by Crippen LogP contribution is -2.22. The fourth-order valence-electron chi connectivity index (χ4n) is 2.87. The first-order chi connectivity index (χ1) is 9.40. The molecule has 20 heavy (non-hydrogen) atoms. The molecule has 0 radical (unpaired) electrons. The van der Waals surface area contributed by atoms with Crippen LogP contribution in [-0.2, 0) is 13.0 Å². The molecule has 2 aromatic carbocycles. The maximum atomic E-state index is 3.57. The number of hydrogen-bond acceptors (Lipinski definition) is 1. The molecule has 1 aliphatic rings. The first kappa shape index (κ1) is 13.2. The molecule has 0 atom stereocenters. The number of benzene rings is 2. The summed E-state index contributed by atoms with van der Waals surface area (Å²) in [6.45, 7) is 2.06. The summed E-state index contributed by atoms with van der Waals surface area (Å²) in [4.78, 5) is 3.57. The molecule has 0 saturated heterocycles. The van der Waals surface area contributed by atoms with Gasteiger partial charge in [0.2, 0.25) is 0 Å². The van der Waals surface area contributed by atoms with Gasteiger partial charge in [0.15, 0.2) is 0 Å². The van der Waals surface area contributed by atoms with Gasteiger partial charge in [-0.1, -0.05) is 36.4 Å². The summed E-state index contributed by atoms with van der Waals surface area (Å²) in [5.74, 6) is 0. The van der Waals surface area contributed by atoms with Crippen molar-refractivity contribution >= 4 is 23.2 Å². The molecule has 3 aromatic rings. The van der Waals surface area contributed by atoms with Crippen molar-refractivity contribution in [3.63, 3.8) is 0 Å². The second-order valence-electron chi connectivity index (χ2n) is 5.18. The van der Waals surface area contributed by atoms with E-state index in [1.807, 2.05) is 0 Å². The topological polar surface area (TPSA) is 27.8 Å². The molecule has 1 aliphatic heterocycles. The number of nitrogens with one attached hydrogen (secondary N) is 2. The Morgan fingerprint density at radius 1 is 0.900 bits per heavy atom. The maximum Gasteiger partial charge on any atom is 0.0459 e. The van der Waals surface area contributed by atoms with Gasteiger partial charge in [-0.15, -0.1) is 12.4 Å². The van der Waals surface area contributed by atoms with Gasteiger partial charge in [0.1, 0.15) is 0 Å². The zero-order chi connectivity index (χ0) is 12.7. The van der Waals surface area contributed by atoms with Gasteiger partial charge in [-0.3, -0.25) is 0 Å². The Balaban J connectivity index is 0.00000121. The summed E-state index contributed by atoms with van der Waals surface area (Å²) in [5.41, 5.74) is 5.31. The van der Waals surface area contributed by atoms with Crippen molar-refractivity contribution in [2.75, 3.05) is 6.54 Å². The van der Waals surface area contributed by atoms with E-state index in [9.17, 15) is 0 Å². The van der Waals surface area contributed by atoms with Crippen molar-refractivity contribution in [3.05, 3.63) is 59.8 Å². The van der Waals surface area contributed by atoms with E-state index in [-0.39, 0.29) is 12.4 Å². The molecule has 4 rings (SSSR count). The second-order valence-corrected chi connectivity index (χ2v) is 5.18. The third kappa shape index (κ3) is 2.21. The van der Waals surface area contributed by atoms with Crippen LogP contribution >= 0.6 is 12.4 Å². The lowest BCUT2D eigenvalue weighted by Gasteiger charge is -2.11. The third-order valence-electron chi connectivity index (χ3n) is 3.92. The molecule has 0 amide bonds. The minimum Gasteiger partial charge on any atom is -0.358 e. The van der Waals surface area contributed by atoms with Crippen LogP contribution in [0.1, 0.15) is 11.3 Å². The Labute approximate surface area is 124 Å². The van der Waals surface area contributed by atoms with Gasteiger partial charge in [0.05, 0.1) is 0 Å². The van der Waals surface area contributed by atoms with Crippen LogP contribution < -0.4 is 5.32 Å². The Hall–Kier alpha value is -1.77. The molecule has 2 heterocycles. The van der Waals surface area contributed by atoms with Crippen LogP contribution in [0.3, 0.4) is 0 Å². The Kier molecular flexibility index (Phi) is 3.51. The Morgan fingerprint density at radius 3 is 2.60 bits per heavy atom. The van der Waals surface area contributed by atoms with Crippen molar-refractivity contribution in [1.82, 2.24) is 10.3 Å². The zero-order valence-corrected chi connectivity index (χ0v) is 12.0. The molecule has 102 valence electrons. The van der Waals surface area contributed by atoms with Gasteiger partial charge < -0.3 is 10.3 Å². The fraction of sp³-hybridized carbons (Fsp3) is 0.176. The largest absolute Gasteiger partial charge is 0.358 e. The van der Waals surface area contributed by atoms with E-state index < -0.39 is 0 Å². The average Bonchev–Trinajstić information content (AvgIpc) is 2.90. The van der Waals surface area contributed by atoms with Crippen molar-refractivity contribution in [2.24, 2.45) is 0 Å². The summed E-state index contributed by atoms with van der Waals surface area (Å²) >= 11 is 0. The van der Waals surface area contributed by atoms with Gasteiger partial charge in [0.25, 0.3) is 0 Å². The molecule has 2 N–H and O–H groups in total. The standard InChI is InChI=1S/C17H16N2.ClH/c1-2-4-13-9-14(6-5-12(13)3-1)17-10-15-11-18-8-7-16(15)19-17;/h1-6,9-10,18-19H,7-8,11H2;1H. The fourth-order valence-corrected chi connectivity index (χ4v) is 2.87. The minimum atomic E-state index is 0. The van der Waals surface area contributed by atoms with Gasteiger partial charge in [-0.2, -0.15) is 0 Å². The number of aromatic amines is 1. The van der Waals surface area contributed by atoms with E-state index in [1.54, 1.807) is 0 Å². The van der Waals surface area contributed by atoms with Crippen LogP contribution in [0.15, 0.2) is 48.5 Å². The second kappa shape index (κ2) is 5.31. The van der Waals surface area contributed by atoms with Crippen LogP contribution in [0.4, 0.5) is 0 Å². The van der Waals surface area contributed by atoms with E-state index in [0.29, 0.717) is 0 Å². The van der Waals surface area contributed by atoms with Crippen LogP contribution in [0.2, 0.25) is 0 Å². The van der Waals surface area contributed by atoms with E-state index in [4.69, 9.17) is 0 Å². The molecule has 1 aromatic heterocycles. The van der Waals surface area contributed by atoms with Gasteiger partial charge in [-0.05, 0) is 34.0 Å². The van der Waals surface area contributed by atoms with E-state index in [1.165, 1.54) is 33.3 Å². The van der Waals surface area contributed by atoms with Crippen LogP contribution in [0.5, 0.6) is 0 Å². The van der Waals surface area contributed by atoms with Crippen molar-refractivity contribution in [1.29, 1.82) is 0 Å². The number of hydrogen-bond donors (Lipinski definition) is 2. The molecule has 3 heteroatoms. The highest BCUT2D eigenvalue weighted by Gasteiger charge is 2.12. The normalized spacial score (nSPS) is 13.8. The molecule has 0 saturated carbocycles. The van der Waals surface area contributed by atoms with Crippen LogP contribution in [0.25, 0.3) is 22.0 Å². The zero-order valence-electron chi connectivity index (χ0n) is 11.1. The van der Waals surface area contributed by atoms with E-state index in [0.717, 1.165) is 19.5 Å². The first-order valence-corrected chi connectivity index (χ1v) is 6.81. The highest BCUT2D eigenvalue weighted by atomic mass is 35.5. The SMILES string of the molecule is Cl.c1ccc2cc(-c3cc4c([nH]3)CCNC4)ccc2c1. The summed E-state index contributed by atoms with van der Waals surface area (Å²) in [7, 11) is 0. The first-order valence-electron chi connectivity index (χ1n) is 6.81. The number of halogens is 1. The number of fused-ring (bicyclic) bond motifs is 2. The van der Waals surface area contributed by atoms with Crippen molar-refractivity contribution < 1.29 is 0 Å². The Bertz CT molecular complexity index is 722. The number of aromatic nitrogens is 1. The predicted octanol–water partition coefficient (Wildman–Crippen LogP) is 3.90. The quantitative estimate of drug-likeness (QED) is 0.697. The molecule has 0 unspecified atom stereocenters. The summed E-state index contributed by atoms with van der Waals surface area (Å²) in [6, 6.07) is 17.4. The molecule has 0 aliphatic carbocycles. The molecule has 2 nitrogen and oxygen atoms in total. The highest BCUT2D eigenvalue weighted by Crippen LogP contribution is 2.26. The van der Waals surface area contributed by atoms with Crippen molar-refractivity contribution in [2.45, 2.75) is 13.0 Å². The van der Waals surface area contributed by atoms with E-state index in [2.05, 4.69) is 58.8 Å². The predicted molar refractivity (Wildman–Crippen MR) is 86.4 cm³/mol. The maximum absolute atomic E-state index is 3.57. The van der Waals surface area contributed by atoms with Crippen molar-refractivity contribution in [3.8, 4) is 11.3 Å². The molecule has 0 fully saturated rings. The summed E-state index contributed by atoms with van der Waals surface area (Å²) in [6.07, 6.45) is 1.10. The smallest absolute Gasteiger partial charge is 0.0459 e. The van der Waals surface area contributed by atoms with Gasteiger partial charge >= 0.3 is 0 Å². The van der Waals surface area contributed by atoms with Crippen LogP contribution in [-0.4, -0.2) is 11.5 Å². The monoisotopic (exact) mass is 284 g/mol. The van der Waals surface area contributed by atoms with Gasteiger partial charge in [-0.25, -0.2) is 0 Å². The third-order valence-corrected chi connectivity index (χ3v) is 3.92. The number of H-pyrrole nitrogens is 1. The lowest BCUT2D eigenvalue weighted by atomic mass is 10.0. The van der Waals surface area contributed by atoms with E-state index >= 15 is 0 Å². The minimum absolute atomic E-state index is 0. The molecular weight excluding hydrogens is 268 g/mol. The number of rotatable bonds is 1. The summed E-state index contributed by atoms with van der Waals surface area (Å²) in [5, 5.41) is 6.01. The average molecular weight is 285 g/mol. The lowest BCUT2D eigenvalue weighted by molar-refractivity contribution is 0.638. The van der Waals surface area contributed by atoms with Crippen LogP contribution in [0, 0.1) is 0 Å². The Morgan fingerprint density at radius 2 is 1.75 bits per heavy atom. The van der Waals surface area contributed by atoms with Gasteiger partial charge in [0, 0.05) is 30.9 Å². The highest BCUT2D eigenvalue weighted by molar-refractivity contribution is 5.87. The molecule has 0 bridgehead atoms. The molecular formula is C17H17ClN2. The summed E-state index contributed by atoms with van der Waals surface area (Å²) < 4.78 is 0. The molecule has 0 spiro atoms.